The molecule has 1 N–H and O–H groups in total. The molecule has 1 atom stereocenters. The van der Waals surface area contributed by atoms with Gasteiger partial charge in [-0.05, 0) is 51.6 Å². The first kappa shape index (κ1) is 13.7. The van der Waals surface area contributed by atoms with E-state index in [1.165, 1.54) is 29.8 Å². The van der Waals surface area contributed by atoms with Crippen LogP contribution in [0.3, 0.4) is 0 Å². The molecule has 0 saturated carbocycles. The van der Waals surface area contributed by atoms with Gasteiger partial charge >= 0.3 is 0 Å². The fourth-order valence-electron chi connectivity index (χ4n) is 2.16. The zero-order valence-electron chi connectivity index (χ0n) is 10.9. The molecule has 3 heteroatoms. The highest BCUT2D eigenvalue weighted by molar-refractivity contribution is 7.09. The largest absolute Gasteiger partial charge is 0.319 e. The summed E-state index contributed by atoms with van der Waals surface area (Å²) in [5.74, 6) is 1.59. The van der Waals surface area contributed by atoms with Gasteiger partial charge in [0.15, 0.2) is 0 Å². The summed E-state index contributed by atoms with van der Waals surface area (Å²) in [5.41, 5.74) is 3.18. The van der Waals surface area contributed by atoms with Gasteiger partial charge in [-0.1, -0.05) is 13.8 Å². The van der Waals surface area contributed by atoms with Crippen LogP contribution < -0.4 is 5.32 Å². The minimum absolute atomic E-state index is 0.793. The molecule has 0 aromatic carbocycles. The summed E-state index contributed by atoms with van der Waals surface area (Å²) in [6.45, 7) is 7.86. The topological polar surface area (TPSA) is 24.9 Å². The minimum Gasteiger partial charge on any atom is -0.319 e. The molecule has 0 aliphatic heterocycles. The van der Waals surface area contributed by atoms with Gasteiger partial charge in [-0.2, -0.15) is 0 Å². The molecule has 16 heavy (non-hydrogen) atoms. The van der Waals surface area contributed by atoms with Gasteiger partial charge < -0.3 is 5.32 Å². The second kappa shape index (κ2) is 7.02. The molecule has 1 aromatic heterocycles. The monoisotopic (exact) mass is 240 g/mol. The molecule has 92 valence electrons. The highest BCUT2D eigenvalue weighted by Gasteiger charge is 2.11. The van der Waals surface area contributed by atoms with Crippen molar-refractivity contribution in [1.82, 2.24) is 10.3 Å². The maximum atomic E-state index is 4.30. The van der Waals surface area contributed by atoms with Crippen LogP contribution in [-0.4, -0.2) is 18.6 Å². The van der Waals surface area contributed by atoms with Crippen molar-refractivity contribution in [2.24, 2.45) is 11.8 Å². The minimum atomic E-state index is 0.793. The highest BCUT2D eigenvalue weighted by atomic mass is 32.1. The van der Waals surface area contributed by atoms with Gasteiger partial charge in [0.2, 0.25) is 0 Å². The summed E-state index contributed by atoms with van der Waals surface area (Å²) < 4.78 is 0. The lowest BCUT2D eigenvalue weighted by Crippen LogP contribution is -2.21. The summed E-state index contributed by atoms with van der Waals surface area (Å²) in [6, 6.07) is 0. The van der Waals surface area contributed by atoms with Crippen LogP contribution in [0.5, 0.6) is 0 Å². The quantitative estimate of drug-likeness (QED) is 0.791. The van der Waals surface area contributed by atoms with E-state index < -0.39 is 0 Å². The van der Waals surface area contributed by atoms with E-state index >= 15 is 0 Å². The summed E-state index contributed by atoms with van der Waals surface area (Å²) in [4.78, 5) is 5.77. The molecule has 1 aromatic rings. The van der Waals surface area contributed by atoms with Crippen molar-refractivity contribution in [3.63, 3.8) is 0 Å². The first-order valence-electron chi connectivity index (χ1n) is 6.17. The molecule has 1 rings (SSSR count). The smallest absolute Gasteiger partial charge is 0.0797 e. The van der Waals surface area contributed by atoms with Crippen molar-refractivity contribution >= 4 is 11.3 Å². The first-order chi connectivity index (χ1) is 7.63. The van der Waals surface area contributed by atoms with E-state index in [-0.39, 0.29) is 0 Å². The van der Waals surface area contributed by atoms with E-state index in [4.69, 9.17) is 0 Å². The van der Waals surface area contributed by atoms with Crippen molar-refractivity contribution in [2.75, 3.05) is 13.6 Å². The first-order valence-corrected chi connectivity index (χ1v) is 7.05. The Hall–Kier alpha value is -0.410. The third-order valence-corrected chi connectivity index (χ3v) is 3.92. The maximum absolute atomic E-state index is 4.30. The molecular weight excluding hydrogens is 216 g/mol. The Balaban J connectivity index is 2.40. The van der Waals surface area contributed by atoms with Crippen LogP contribution in [0, 0.1) is 18.8 Å². The molecule has 0 saturated heterocycles. The summed E-state index contributed by atoms with van der Waals surface area (Å²) in [5, 5.41) is 3.31. The zero-order chi connectivity index (χ0) is 12.0. The number of hydrogen-bond acceptors (Lipinski definition) is 3. The number of thiazole rings is 1. The van der Waals surface area contributed by atoms with E-state index in [0.717, 1.165) is 18.4 Å². The van der Waals surface area contributed by atoms with E-state index in [0.29, 0.717) is 0 Å². The maximum Gasteiger partial charge on any atom is 0.0797 e. The average molecular weight is 240 g/mol. The number of aromatic nitrogens is 1. The Morgan fingerprint density at radius 2 is 2.19 bits per heavy atom. The zero-order valence-corrected chi connectivity index (χ0v) is 11.7. The predicted molar refractivity (Wildman–Crippen MR) is 72.0 cm³/mol. The van der Waals surface area contributed by atoms with E-state index in [9.17, 15) is 0 Å². The molecule has 2 nitrogen and oxygen atoms in total. The number of aryl methyl sites for hydroxylation is 2. The fourth-order valence-corrected chi connectivity index (χ4v) is 2.96. The Morgan fingerprint density at radius 3 is 2.69 bits per heavy atom. The standard InChI is InChI=1S/C13H24N2S/c1-10(2)7-12(8-14-4)5-6-13-11(3)15-9-16-13/h9-10,12,14H,5-8H2,1-4H3. The Morgan fingerprint density at radius 1 is 1.44 bits per heavy atom. The van der Waals surface area contributed by atoms with Gasteiger partial charge in [-0.15, -0.1) is 11.3 Å². The SMILES string of the molecule is CNCC(CCc1scnc1C)CC(C)C. The highest BCUT2D eigenvalue weighted by Crippen LogP contribution is 2.21. The van der Waals surface area contributed by atoms with Crippen LogP contribution >= 0.6 is 11.3 Å². The third-order valence-electron chi connectivity index (χ3n) is 2.92. The molecule has 0 amide bonds. The lowest BCUT2D eigenvalue weighted by Gasteiger charge is -2.18. The number of rotatable bonds is 7. The molecule has 0 bridgehead atoms. The van der Waals surface area contributed by atoms with Gasteiger partial charge in [0.25, 0.3) is 0 Å². The van der Waals surface area contributed by atoms with E-state index in [2.05, 4.69) is 31.1 Å². The van der Waals surface area contributed by atoms with Crippen molar-refractivity contribution < 1.29 is 0 Å². The van der Waals surface area contributed by atoms with E-state index in [1.807, 2.05) is 12.6 Å². The number of nitrogens with zero attached hydrogens (tertiary/aromatic N) is 1. The Bertz CT molecular complexity index is 294. The van der Waals surface area contributed by atoms with Crippen LogP contribution in [0.25, 0.3) is 0 Å². The second-order valence-electron chi connectivity index (χ2n) is 4.95. The predicted octanol–water partition coefficient (Wildman–Crippen LogP) is 3.27. The third kappa shape index (κ3) is 4.62. The van der Waals surface area contributed by atoms with Crippen LogP contribution in [0.2, 0.25) is 0 Å². The van der Waals surface area contributed by atoms with E-state index in [1.54, 1.807) is 11.3 Å². The van der Waals surface area contributed by atoms with Gasteiger partial charge in [0, 0.05) is 4.88 Å². The van der Waals surface area contributed by atoms with Crippen molar-refractivity contribution in [2.45, 2.75) is 40.0 Å². The normalized spacial score (nSPS) is 13.3. The van der Waals surface area contributed by atoms with Crippen molar-refractivity contribution in [1.29, 1.82) is 0 Å². The van der Waals surface area contributed by atoms with Gasteiger partial charge in [0.05, 0.1) is 11.2 Å². The van der Waals surface area contributed by atoms with Crippen LogP contribution in [0.4, 0.5) is 0 Å². The molecular formula is C13H24N2S. The molecule has 0 aliphatic rings. The summed E-state index contributed by atoms with van der Waals surface area (Å²) in [6.07, 6.45) is 3.79. The summed E-state index contributed by atoms with van der Waals surface area (Å²) >= 11 is 1.80. The van der Waals surface area contributed by atoms with Gasteiger partial charge in [0.1, 0.15) is 0 Å². The van der Waals surface area contributed by atoms with Gasteiger partial charge in [-0.25, -0.2) is 4.98 Å². The average Bonchev–Trinajstić information content (AvgIpc) is 2.60. The molecule has 1 unspecified atom stereocenters. The second-order valence-corrected chi connectivity index (χ2v) is 5.89. The number of hydrogen-bond donors (Lipinski definition) is 1. The van der Waals surface area contributed by atoms with Crippen molar-refractivity contribution in [3.8, 4) is 0 Å². The molecule has 0 fully saturated rings. The summed E-state index contributed by atoms with van der Waals surface area (Å²) in [7, 11) is 2.05. The van der Waals surface area contributed by atoms with Gasteiger partial charge in [-0.3, -0.25) is 0 Å². The lowest BCUT2D eigenvalue weighted by molar-refractivity contribution is 0.376. The molecule has 0 aliphatic carbocycles. The Kier molecular flexibility index (Phi) is 5.99. The number of nitrogens with one attached hydrogen (secondary N) is 1. The Labute approximate surface area is 103 Å². The fraction of sp³-hybridized carbons (Fsp3) is 0.769. The lowest BCUT2D eigenvalue weighted by atomic mass is 9.92. The van der Waals surface area contributed by atoms with Crippen molar-refractivity contribution in [3.05, 3.63) is 16.1 Å². The molecule has 1 heterocycles. The molecule has 0 radical (unpaired) electrons. The van der Waals surface area contributed by atoms with Crippen LogP contribution in [-0.2, 0) is 6.42 Å². The molecule has 0 spiro atoms. The van der Waals surface area contributed by atoms with Crippen LogP contribution in [0.15, 0.2) is 5.51 Å². The van der Waals surface area contributed by atoms with Crippen LogP contribution in [0.1, 0.15) is 37.3 Å².